The van der Waals surface area contributed by atoms with Crippen molar-refractivity contribution in [2.45, 2.75) is 19.6 Å². The van der Waals surface area contributed by atoms with Gasteiger partial charge in [0.1, 0.15) is 0 Å². The van der Waals surface area contributed by atoms with E-state index in [4.69, 9.17) is 0 Å². The number of rotatable bonds is 2. The Morgan fingerprint density at radius 1 is 0.220 bits per heavy atom. The molecule has 0 unspecified atom stereocenters. The highest BCUT2D eigenvalue weighted by Crippen LogP contribution is 2.53. The molecule has 0 amide bonds. The highest BCUT2D eigenvalue weighted by atomic mass is 32.2. The molecular formula is C48H26S2. The number of fused-ring (bicyclic) bond motifs is 4. The molecule has 0 bridgehead atoms. The van der Waals surface area contributed by atoms with Crippen LogP contribution in [0.2, 0.25) is 0 Å². The van der Waals surface area contributed by atoms with Crippen molar-refractivity contribution in [1.29, 1.82) is 0 Å². The standard InChI is InChI=1S/C48H26S2/c1-3-13-41-33(7-1)37-11-5-9-35-31(23-25-43(49-41)47(35)37)29-19-15-27-18-22-40-30(20-16-28-17-21-39(29)45(27)46(28)40)32-24-26-44-48-36(32)10-6-12-38(48)34-8-2-4-14-42(34)50-44/h1-26H. The molecule has 0 aliphatic carbocycles. The van der Waals surface area contributed by atoms with Crippen LogP contribution in [0.25, 0.3) is 98.4 Å². The third-order valence-corrected chi connectivity index (χ3v) is 13.3. The lowest BCUT2D eigenvalue weighted by Gasteiger charge is -2.23. The van der Waals surface area contributed by atoms with Crippen molar-refractivity contribution in [3.8, 4) is 44.5 Å². The topological polar surface area (TPSA) is 0 Å². The van der Waals surface area contributed by atoms with Crippen LogP contribution in [0.1, 0.15) is 0 Å². The molecule has 0 saturated carbocycles. The zero-order valence-electron chi connectivity index (χ0n) is 26.8. The van der Waals surface area contributed by atoms with Crippen LogP contribution in [0.5, 0.6) is 0 Å². The van der Waals surface area contributed by atoms with Crippen LogP contribution in [0.4, 0.5) is 0 Å². The van der Waals surface area contributed by atoms with Crippen LogP contribution >= 0.6 is 23.5 Å². The summed E-state index contributed by atoms with van der Waals surface area (Å²) in [5.41, 5.74) is 10.5. The van der Waals surface area contributed by atoms with Crippen LogP contribution in [-0.2, 0) is 0 Å². The summed E-state index contributed by atoms with van der Waals surface area (Å²) in [5, 5.41) is 13.3. The van der Waals surface area contributed by atoms with E-state index >= 15 is 0 Å². The highest BCUT2D eigenvalue weighted by molar-refractivity contribution is 8.00. The van der Waals surface area contributed by atoms with Crippen molar-refractivity contribution in [2.75, 3.05) is 0 Å². The van der Waals surface area contributed by atoms with Gasteiger partial charge in [-0.15, -0.1) is 0 Å². The fourth-order valence-corrected chi connectivity index (χ4v) is 11.2. The largest absolute Gasteiger partial charge is 0.0888 e. The zero-order chi connectivity index (χ0) is 32.5. The van der Waals surface area contributed by atoms with E-state index in [0.29, 0.717) is 0 Å². The summed E-state index contributed by atoms with van der Waals surface area (Å²) < 4.78 is 0. The number of benzene rings is 10. The molecule has 10 aromatic carbocycles. The average Bonchev–Trinajstić information content (AvgIpc) is 3.17. The minimum absolute atomic E-state index is 1.29. The first kappa shape index (κ1) is 27.3. The van der Waals surface area contributed by atoms with E-state index in [1.54, 1.807) is 0 Å². The second-order valence-corrected chi connectivity index (χ2v) is 15.7. The maximum atomic E-state index is 2.36. The summed E-state index contributed by atoms with van der Waals surface area (Å²) in [6, 6.07) is 59.4. The Hall–Kier alpha value is -5.54. The lowest BCUT2D eigenvalue weighted by Crippen LogP contribution is -1.95. The SMILES string of the molecule is c1ccc2c(c1)Sc1ccc(-c3ccc4ccc5c(-c6ccc7c8c(cccc68)-c6ccccc6S7)ccc6ccc3c4c65)c3cccc-2c13. The van der Waals surface area contributed by atoms with Gasteiger partial charge in [0.2, 0.25) is 0 Å². The van der Waals surface area contributed by atoms with Crippen molar-refractivity contribution >= 4 is 77.4 Å². The Balaban J connectivity index is 1.11. The van der Waals surface area contributed by atoms with Gasteiger partial charge in [0, 0.05) is 30.4 Å². The first-order chi connectivity index (χ1) is 24.8. The van der Waals surface area contributed by atoms with E-state index in [1.807, 2.05) is 23.5 Å². The van der Waals surface area contributed by atoms with Gasteiger partial charge in [0.05, 0.1) is 0 Å². The van der Waals surface area contributed by atoms with E-state index in [-0.39, 0.29) is 0 Å². The molecule has 0 fully saturated rings. The van der Waals surface area contributed by atoms with Gasteiger partial charge < -0.3 is 0 Å². The van der Waals surface area contributed by atoms with Gasteiger partial charge in [-0.25, -0.2) is 0 Å². The quantitative estimate of drug-likeness (QED) is 0.168. The molecule has 2 aliphatic heterocycles. The fraction of sp³-hybridized carbons (Fsp3) is 0. The number of hydrogen-bond acceptors (Lipinski definition) is 2. The third kappa shape index (κ3) is 3.60. The van der Waals surface area contributed by atoms with Gasteiger partial charge >= 0.3 is 0 Å². The molecule has 230 valence electrons. The maximum absolute atomic E-state index is 2.36. The molecule has 50 heavy (non-hydrogen) atoms. The normalized spacial score (nSPS) is 13.0. The summed E-state index contributed by atoms with van der Waals surface area (Å²) in [6.07, 6.45) is 0. The first-order valence-electron chi connectivity index (χ1n) is 17.2. The summed E-state index contributed by atoms with van der Waals surface area (Å²) in [4.78, 5) is 5.34. The summed E-state index contributed by atoms with van der Waals surface area (Å²) in [5.74, 6) is 0. The molecule has 0 nitrogen and oxygen atoms in total. The van der Waals surface area contributed by atoms with Gasteiger partial charge in [0.15, 0.2) is 0 Å². The van der Waals surface area contributed by atoms with Crippen molar-refractivity contribution in [2.24, 2.45) is 0 Å². The zero-order valence-corrected chi connectivity index (χ0v) is 28.5. The summed E-state index contributed by atoms with van der Waals surface area (Å²) in [6.45, 7) is 0. The number of hydrogen-bond donors (Lipinski definition) is 0. The highest BCUT2D eigenvalue weighted by Gasteiger charge is 2.24. The molecule has 12 rings (SSSR count). The Morgan fingerprint density at radius 2 is 0.600 bits per heavy atom. The molecular weight excluding hydrogens is 641 g/mol. The smallest absolute Gasteiger partial charge is 0.0207 e. The van der Waals surface area contributed by atoms with E-state index in [9.17, 15) is 0 Å². The van der Waals surface area contributed by atoms with Crippen molar-refractivity contribution < 1.29 is 0 Å². The van der Waals surface area contributed by atoms with Crippen molar-refractivity contribution in [1.82, 2.24) is 0 Å². The minimum atomic E-state index is 1.29. The summed E-state index contributed by atoms with van der Waals surface area (Å²) in [7, 11) is 0. The molecule has 0 N–H and O–H groups in total. The Labute approximate surface area is 297 Å². The van der Waals surface area contributed by atoms with Gasteiger partial charge in [-0.05, 0) is 112 Å². The monoisotopic (exact) mass is 666 g/mol. The van der Waals surface area contributed by atoms with Gasteiger partial charge in [-0.3, -0.25) is 0 Å². The fourth-order valence-electron chi connectivity index (χ4n) is 8.90. The van der Waals surface area contributed by atoms with Gasteiger partial charge in [-0.1, -0.05) is 157 Å². The average molecular weight is 667 g/mol. The van der Waals surface area contributed by atoms with Crippen LogP contribution in [0, 0.1) is 0 Å². The molecule has 0 aromatic heterocycles. The predicted molar refractivity (Wildman–Crippen MR) is 215 cm³/mol. The molecule has 2 aliphatic rings. The second kappa shape index (κ2) is 10.0. The van der Waals surface area contributed by atoms with E-state index in [2.05, 4.69) is 158 Å². The van der Waals surface area contributed by atoms with E-state index in [1.165, 1.54) is 118 Å². The van der Waals surface area contributed by atoms with E-state index in [0.717, 1.165) is 0 Å². The first-order valence-corrected chi connectivity index (χ1v) is 18.8. The van der Waals surface area contributed by atoms with Crippen molar-refractivity contribution in [3.05, 3.63) is 158 Å². The lowest BCUT2D eigenvalue weighted by molar-refractivity contribution is 1.40. The molecule has 0 radical (unpaired) electrons. The Kier molecular flexibility index (Phi) is 5.47. The molecule has 10 aromatic rings. The van der Waals surface area contributed by atoms with Crippen LogP contribution in [0.3, 0.4) is 0 Å². The molecule has 2 heterocycles. The lowest BCUT2D eigenvalue weighted by atomic mass is 9.85. The van der Waals surface area contributed by atoms with Crippen LogP contribution in [0.15, 0.2) is 177 Å². The molecule has 0 spiro atoms. The maximum Gasteiger partial charge on any atom is 0.0207 e. The molecule has 0 atom stereocenters. The van der Waals surface area contributed by atoms with Crippen LogP contribution < -0.4 is 0 Å². The molecule has 0 saturated heterocycles. The minimum Gasteiger partial charge on any atom is -0.0888 e. The summed E-state index contributed by atoms with van der Waals surface area (Å²) >= 11 is 3.78. The second-order valence-electron chi connectivity index (χ2n) is 13.5. The molecule has 2 heteroatoms. The van der Waals surface area contributed by atoms with Gasteiger partial charge in [0.25, 0.3) is 0 Å². The van der Waals surface area contributed by atoms with Gasteiger partial charge in [-0.2, -0.15) is 0 Å². The predicted octanol–water partition coefficient (Wildman–Crippen LogP) is 14.5. The Bertz CT molecular complexity index is 2890. The van der Waals surface area contributed by atoms with E-state index < -0.39 is 0 Å². The Morgan fingerprint density at radius 3 is 1.08 bits per heavy atom. The van der Waals surface area contributed by atoms with Crippen LogP contribution in [-0.4, -0.2) is 0 Å². The third-order valence-electron chi connectivity index (χ3n) is 11.0. The van der Waals surface area contributed by atoms with Crippen molar-refractivity contribution in [3.63, 3.8) is 0 Å².